The van der Waals surface area contributed by atoms with Crippen LogP contribution in [0.5, 0.6) is 0 Å². The van der Waals surface area contributed by atoms with Gasteiger partial charge in [0.15, 0.2) is 0 Å². The average molecular weight is 209 g/mol. The largest absolute Gasteiger partial charge is 0.308 e. The molecule has 3 aromatic rings. The van der Waals surface area contributed by atoms with Crippen LogP contribution < -0.4 is 11.3 Å². The second-order valence-electron chi connectivity index (χ2n) is 3.69. The van der Waals surface area contributed by atoms with E-state index in [1.54, 1.807) is 6.20 Å². The van der Waals surface area contributed by atoms with E-state index in [9.17, 15) is 0 Å². The molecular weight excluding hydrogens is 198 g/mol. The number of nitrogen functional groups attached to an aromatic ring is 1. The lowest BCUT2D eigenvalue weighted by Crippen LogP contribution is -2.08. The Hall–Kier alpha value is -2.13. The van der Waals surface area contributed by atoms with Crippen LogP contribution in [-0.2, 0) is 0 Å². The number of pyridine rings is 1. The molecule has 0 aliphatic carbocycles. The summed E-state index contributed by atoms with van der Waals surface area (Å²) in [6, 6.07) is 14.4. The van der Waals surface area contributed by atoms with Crippen LogP contribution in [0, 0.1) is 0 Å². The molecule has 0 radical (unpaired) electrons. The first-order valence-electron chi connectivity index (χ1n) is 5.13. The standard InChI is InChI=1S/C13H11N3/c14-16-13-12-6-5-9-3-1-2-4-10(9)11(12)7-8-15-13/h1-8H,14H2,(H,15,16). The summed E-state index contributed by atoms with van der Waals surface area (Å²) in [5.41, 5.74) is 2.62. The highest BCUT2D eigenvalue weighted by atomic mass is 15.2. The number of hydrazine groups is 1. The lowest BCUT2D eigenvalue weighted by molar-refractivity contribution is 1.25. The van der Waals surface area contributed by atoms with Crippen molar-refractivity contribution in [2.45, 2.75) is 0 Å². The van der Waals surface area contributed by atoms with Gasteiger partial charge in [0.1, 0.15) is 5.82 Å². The maximum atomic E-state index is 5.45. The number of nitrogens with one attached hydrogen (secondary N) is 1. The molecule has 0 amide bonds. The molecule has 3 nitrogen and oxygen atoms in total. The minimum Gasteiger partial charge on any atom is -0.308 e. The maximum Gasteiger partial charge on any atom is 0.147 e. The molecule has 0 saturated heterocycles. The van der Waals surface area contributed by atoms with Crippen LogP contribution in [0.2, 0.25) is 0 Å². The van der Waals surface area contributed by atoms with E-state index in [4.69, 9.17) is 5.84 Å². The zero-order chi connectivity index (χ0) is 11.0. The van der Waals surface area contributed by atoms with E-state index < -0.39 is 0 Å². The van der Waals surface area contributed by atoms with Crippen LogP contribution in [-0.4, -0.2) is 4.98 Å². The van der Waals surface area contributed by atoms with E-state index in [0.717, 1.165) is 5.39 Å². The SMILES string of the molecule is NNc1nccc2c1ccc1ccccc12. The normalized spacial score (nSPS) is 10.8. The third-order valence-electron chi connectivity index (χ3n) is 2.81. The van der Waals surface area contributed by atoms with Crippen LogP contribution >= 0.6 is 0 Å². The number of benzene rings is 2. The molecule has 0 aliphatic rings. The number of nitrogens with zero attached hydrogens (tertiary/aromatic N) is 1. The Kier molecular flexibility index (Phi) is 1.98. The predicted octanol–water partition coefficient (Wildman–Crippen LogP) is 2.67. The fourth-order valence-electron chi connectivity index (χ4n) is 2.05. The fourth-order valence-corrected chi connectivity index (χ4v) is 2.05. The molecule has 1 aromatic heterocycles. The van der Waals surface area contributed by atoms with Crippen molar-refractivity contribution in [3.05, 3.63) is 48.7 Å². The maximum absolute atomic E-state index is 5.45. The Balaban J connectivity index is 2.52. The molecule has 0 bridgehead atoms. The van der Waals surface area contributed by atoms with Gasteiger partial charge in [-0.1, -0.05) is 30.3 Å². The van der Waals surface area contributed by atoms with Gasteiger partial charge in [0, 0.05) is 11.6 Å². The molecule has 2 aromatic carbocycles. The zero-order valence-corrected chi connectivity index (χ0v) is 8.64. The fraction of sp³-hybridized carbons (Fsp3) is 0. The summed E-state index contributed by atoms with van der Waals surface area (Å²) < 4.78 is 0. The minimum absolute atomic E-state index is 0.711. The van der Waals surface area contributed by atoms with Gasteiger partial charge < -0.3 is 5.43 Å². The van der Waals surface area contributed by atoms with Gasteiger partial charge in [-0.15, -0.1) is 0 Å². The number of anilines is 1. The number of fused-ring (bicyclic) bond motifs is 3. The Labute approximate surface area is 92.9 Å². The lowest BCUT2D eigenvalue weighted by Gasteiger charge is -2.07. The van der Waals surface area contributed by atoms with E-state index in [0.29, 0.717) is 5.82 Å². The van der Waals surface area contributed by atoms with Gasteiger partial charge in [0.05, 0.1) is 0 Å². The van der Waals surface area contributed by atoms with Crippen LogP contribution in [0.4, 0.5) is 5.82 Å². The summed E-state index contributed by atoms with van der Waals surface area (Å²) in [6.45, 7) is 0. The summed E-state index contributed by atoms with van der Waals surface area (Å²) in [7, 11) is 0. The Bertz CT molecular complexity index is 661. The number of rotatable bonds is 1. The Morgan fingerprint density at radius 2 is 1.75 bits per heavy atom. The van der Waals surface area contributed by atoms with Gasteiger partial charge >= 0.3 is 0 Å². The van der Waals surface area contributed by atoms with Gasteiger partial charge in [0.25, 0.3) is 0 Å². The van der Waals surface area contributed by atoms with E-state index >= 15 is 0 Å². The second-order valence-corrected chi connectivity index (χ2v) is 3.69. The molecule has 1 heterocycles. The molecule has 3 N–H and O–H groups in total. The molecule has 0 fully saturated rings. The van der Waals surface area contributed by atoms with Crippen molar-refractivity contribution >= 4 is 27.4 Å². The van der Waals surface area contributed by atoms with Gasteiger partial charge in [-0.05, 0) is 28.3 Å². The summed E-state index contributed by atoms with van der Waals surface area (Å²) in [5, 5.41) is 4.66. The highest BCUT2D eigenvalue weighted by Crippen LogP contribution is 2.28. The molecule has 78 valence electrons. The number of nitrogens with two attached hydrogens (primary N) is 1. The summed E-state index contributed by atoms with van der Waals surface area (Å²) in [5.74, 6) is 6.16. The molecule has 3 heteroatoms. The lowest BCUT2D eigenvalue weighted by atomic mass is 10.0. The average Bonchev–Trinajstić information content (AvgIpc) is 2.37. The third kappa shape index (κ3) is 1.22. The number of aromatic nitrogens is 1. The van der Waals surface area contributed by atoms with Crippen molar-refractivity contribution in [3.8, 4) is 0 Å². The van der Waals surface area contributed by atoms with Gasteiger partial charge in [-0.25, -0.2) is 10.8 Å². The Morgan fingerprint density at radius 3 is 2.62 bits per heavy atom. The summed E-state index contributed by atoms with van der Waals surface area (Å²) in [6.07, 6.45) is 1.77. The smallest absolute Gasteiger partial charge is 0.147 e. The number of hydrogen-bond donors (Lipinski definition) is 2. The zero-order valence-electron chi connectivity index (χ0n) is 8.64. The van der Waals surface area contributed by atoms with Crippen molar-refractivity contribution in [2.24, 2.45) is 5.84 Å². The molecule has 0 aliphatic heterocycles. The summed E-state index contributed by atoms with van der Waals surface area (Å²) >= 11 is 0. The van der Waals surface area contributed by atoms with Crippen molar-refractivity contribution < 1.29 is 0 Å². The first-order valence-corrected chi connectivity index (χ1v) is 5.13. The molecule has 0 unspecified atom stereocenters. The van der Waals surface area contributed by atoms with Crippen LogP contribution in [0.1, 0.15) is 0 Å². The third-order valence-corrected chi connectivity index (χ3v) is 2.81. The minimum atomic E-state index is 0.711. The van der Waals surface area contributed by atoms with E-state index in [1.165, 1.54) is 16.2 Å². The molecule has 16 heavy (non-hydrogen) atoms. The van der Waals surface area contributed by atoms with Crippen molar-refractivity contribution in [1.82, 2.24) is 4.98 Å². The molecule has 0 saturated carbocycles. The predicted molar refractivity (Wildman–Crippen MR) is 67.1 cm³/mol. The van der Waals surface area contributed by atoms with E-state index in [-0.39, 0.29) is 0 Å². The highest BCUT2D eigenvalue weighted by Gasteiger charge is 2.03. The Morgan fingerprint density at radius 1 is 0.875 bits per heavy atom. The van der Waals surface area contributed by atoms with E-state index in [2.05, 4.69) is 28.6 Å². The molecular formula is C13H11N3. The van der Waals surface area contributed by atoms with Crippen molar-refractivity contribution in [1.29, 1.82) is 0 Å². The highest BCUT2D eigenvalue weighted by molar-refractivity contribution is 6.10. The van der Waals surface area contributed by atoms with Gasteiger partial charge in [0.2, 0.25) is 0 Å². The van der Waals surface area contributed by atoms with Gasteiger partial charge in [-0.2, -0.15) is 0 Å². The van der Waals surface area contributed by atoms with Crippen molar-refractivity contribution in [2.75, 3.05) is 5.43 Å². The van der Waals surface area contributed by atoms with Gasteiger partial charge in [-0.3, -0.25) is 0 Å². The molecule has 0 atom stereocenters. The molecule has 0 spiro atoms. The topological polar surface area (TPSA) is 50.9 Å². The monoisotopic (exact) mass is 209 g/mol. The second kappa shape index (κ2) is 3.47. The number of hydrogen-bond acceptors (Lipinski definition) is 3. The van der Waals surface area contributed by atoms with Crippen LogP contribution in [0.3, 0.4) is 0 Å². The first-order chi connectivity index (χ1) is 7.90. The summed E-state index contributed by atoms with van der Waals surface area (Å²) in [4.78, 5) is 4.20. The van der Waals surface area contributed by atoms with Crippen molar-refractivity contribution in [3.63, 3.8) is 0 Å². The van der Waals surface area contributed by atoms with Crippen LogP contribution in [0.25, 0.3) is 21.5 Å². The quantitative estimate of drug-likeness (QED) is 0.368. The molecule has 3 rings (SSSR count). The van der Waals surface area contributed by atoms with E-state index in [1.807, 2.05) is 24.3 Å². The van der Waals surface area contributed by atoms with Crippen LogP contribution in [0.15, 0.2) is 48.7 Å². The first kappa shape index (κ1) is 9.12.